The molecular weight excluding hydrogens is 315 g/mol. The minimum atomic E-state index is -0.844. The number of nitrogens with one attached hydrogen (secondary N) is 2. The predicted octanol–water partition coefficient (Wildman–Crippen LogP) is 2.22. The van der Waals surface area contributed by atoms with Crippen LogP contribution in [0.1, 0.15) is 30.1 Å². The van der Waals surface area contributed by atoms with E-state index in [1.54, 1.807) is 12.1 Å². The Labute approximate surface area is 140 Å². The Morgan fingerprint density at radius 1 is 1.42 bits per heavy atom. The van der Waals surface area contributed by atoms with Crippen LogP contribution in [0.4, 0.5) is 10.1 Å². The van der Waals surface area contributed by atoms with Crippen molar-refractivity contribution in [3.63, 3.8) is 0 Å². The van der Waals surface area contributed by atoms with Crippen LogP contribution >= 0.6 is 0 Å². The van der Waals surface area contributed by atoms with Crippen LogP contribution in [0, 0.1) is 5.82 Å². The maximum atomic E-state index is 14.0. The van der Waals surface area contributed by atoms with Crippen molar-refractivity contribution < 1.29 is 23.5 Å². The molecule has 2 N–H and O–H groups in total. The Morgan fingerprint density at radius 3 is 2.88 bits per heavy atom. The van der Waals surface area contributed by atoms with Crippen LogP contribution in [-0.2, 0) is 14.3 Å². The summed E-state index contributed by atoms with van der Waals surface area (Å²) in [6.45, 7) is 2.62. The first-order valence-electron chi connectivity index (χ1n) is 7.83. The first-order chi connectivity index (χ1) is 11.6. The number of rotatable bonds is 7. The van der Waals surface area contributed by atoms with E-state index in [1.165, 1.54) is 19.2 Å². The molecule has 2 rings (SSSR count). The minimum Gasteiger partial charge on any atom is -0.463 e. The highest BCUT2D eigenvalue weighted by Gasteiger charge is 2.29. The summed E-state index contributed by atoms with van der Waals surface area (Å²) in [5.41, 5.74) is 0.877. The number of carbonyl (C=O) groups is 2. The molecule has 1 heterocycles. The lowest BCUT2D eigenvalue weighted by Crippen LogP contribution is -2.28. The average molecular weight is 336 g/mol. The van der Waals surface area contributed by atoms with E-state index in [0.717, 1.165) is 12.8 Å². The topological polar surface area (TPSA) is 76.7 Å². The van der Waals surface area contributed by atoms with Gasteiger partial charge in [-0.05, 0) is 30.7 Å². The van der Waals surface area contributed by atoms with Gasteiger partial charge in [-0.15, -0.1) is 0 Å². The Bertz CT molecular complexity index is 645. The third kappa shape index (κ3) is 4.32. The molecule has 1 aliphatic rings. The highest BCUT2D eigenvalue weighted by atomic mass is 19.1. The number of ether oxygens (including phenoxy) is 2. The molecule has 0 unspecified atom stereocenters. The Morgan fingerprint density at radius 2 is 2.21 bits per heavy atom. The Balaban J connectivity index is 2.03. The fourth-order valence-corrected chi connectivity index (χ4v) is 2.21. The molecule has 24 heavy (non-hydrogen) atoms. The van der Waals surface area contributed by atoms with Crippen molar-refractivity contribution in [3.8, 4) is 0 Å². The van der Waals surface area contributed by atoms with Gasteiger partial charge in [-0.3, -0.25) is 4.79 Å². The summed E-state index contributed by atoms with van der Waals surface area (Å²) in [5.74, 6) is -1.62. The van der Waals surface area contributed by atoms with Gasteiger partial charge in [0.1, 0.15) is 5.82 Å². The maximum absolute atomic E-state index is 14.0. The molecule has 0 bridgehead atoms. The predicted molar refractivity (Wildman–Crippen MR) is 87.1 cm³/mol. The van der Waals surface area contributed by atoms with Crippen molar-refractivity contribution in [1.29, 1.82) is 0 Å². The summed E-state index contributed by atoms with van der Waals surface area (Å²) in [7, 11) is 1.43. The largest absolute Gasteiger partial charge is 0.463 e. The van der Waals surface area contributed by atoms with Crippen molar-refractivity contribution in [2.75, 3.05) is 25.6 Å². The molecule has 0 aliphatic carbocycles. The van der Waals surface area contributed by atoms with Crippen LogP contribution < -0.4 is 10.6 Å². The van der Waals surface area contributed by atoms with Gasteiger partial charge in [-0.1, -0.05) is 13.3 Å². The van der Waals surface area contributed by atoms with Crippen LogP contribution in [0.15, 0.2) is 30.0 Å². The molecule has 6 nitrogen and oxygen atoms in total. The van der Waals surface area contributed by atoms with Gasteiger partial charge in [-0.25, -0.2) is 9.18 Å². The van der Waals surface area contributed by atoms with Crippen LogP contribution in [0.3, 0.4) is 0 Å². The highest BCUT2D eigenvalue weighted by Crippen LogP contribution is 2.21. The lowest BCUT2D eigenvalue weighted by Gasteiger charge is -2.16. The van der Waals surface area contributed by atoms with Gasteiger partial charge in [0.15, 0.2) is 6.10 Å². The van der Waals surface area contributed by atoms with E-state index in [4.69, 9.17) is 9.47 Å². The van der Waals surface area contributed by atoms with Gasteiger partial charge in [0.05, 0.1) is 24.5 Å². The zero-order valence-electron chi connectivity index (χ0n) is 13.7. The van der Waals surface area contributed by atoms with E-state index in [9.17, 15) is 14.0 Å². The minimum absolute atomic E-state index is 0.0461. The maximum Gasteiger partial charge on any atom is 0.341 e. The zero-order valence-corrected chi connectivity index (χ0v) is 13.7. The number of amides is 1. The number of halogens is 1. The van der Waals surface area contributed by atoms with E-state index in [1.807, 2.05) is 6.92 Å². The zero-order chi connectivity index (χ0) is 17.5. The van der Waals surface area contributed by atoms with Crippen LogP contribution in [0.2, 0.25) is 0 Å². The van der Waals surface area contributed by atoms with Crippen LogP contribution in [-0.4, -0.2) is 38.2 Å². The first-order valence-corrected chi connectivity index (χ1v) is 7.83. The summed E-state index contributed by atoms with van der Waals surface area (Å²) >= 11 is 0. The van der Waals surface area contributed by atoms with Gasteiger partial charge in [-0.2, -0.15) is 0 Å². The quantitative estimate of drug-likeness (QED) is 0.590. The lowest BCUT2D eigenvalue weighted by atomic mass is 10.1. The summed E-state index contributed by atoms with van der Waals surface area (Å²) in [6, 6.07) is 4.14. The Kier molecular flexibility index (Phi) is 6.31. The van der Waals surface area contributed by atoms with E-state index in [2.05, 4.69) is 10.6 Å². The summed E-state index contributed by atoms with van der Waals surface area (Å²) < 4.78 is 24.5. The molecule has 0 saturated carbocycles. The number of benzene rings is 1. The van der Waals surface area contributed by atoms with Crippen LogP contribution in [0.25, 0.3) is 0 Å². The molecule has 0 radical (unpaired) electrons. The first kappa shape index (κ1) is 17.9. The summed E-state index contributed by atoms with van der Waals surface area (Å²) in [6.07, 6.45) is 2.58. The van der Waals surface area contributed by atoms with Crippen molar-refractivity contribution in [1.82, 2.24) is 5.32 Å². The standard InChI is InChI=1S/C17H21FN2O4/c1-3-4-8-24-17(22)15-14(7-9-23-15)20-11-5-6-12(13(18)10-11)16(21)19-2/h5-7,10,15,20H,3-4,8-9H2,1-2H3,(H,19,21)/t15-/m1/s1. The molecule has 1 aliphatic heterocycles. The summed E-state index contributed by atoms with van der Waals surface area (Å²) in [5, 5.41) is 5.32. The second-order valence-corrected chi connectivity index (χ2v) is 5.29. The molecule has 0 spiro atoms. The van der Waals surface area contributed by atoms with Gasteiger partial charge in [0.2, 0.25) is 0 Å². The SMILES string of the molecule is CCCCOC(=O)[C@@H]1OCC=C1Nc1ccc(C(=O)NC)c(F)c1. The van der Waals surface area contributed by atoms with E-state index in [0.29, 0.717) is 18.0 Å². The third-order valence-corrected chi connectivity index (χ3v) is 3.53. The molecule has 0 aromatic heterocycles. The van der Waals surface area contributed by atoms with Crippen molar-refractivity contribution >= 4 is 17.6 Å². The molecule has 1 amide bonds. The number of carbonyl (C=O) groups excluding carboxylic acids is 2. The molecule has 0 fully saturated rings. The molecule has 130 valence electrons. The van der Waals surface area contributed by atoms with Gasteiger partial charge in [0.25, 0.3) is 5.91 Å². The van der Waals surface area contributed by atoms with E-state index in [-0.39, 0.29) is 12.2 Å². The van der Waals surface area contributed by atoms with E-state index < -0.39 is 23.8 Å². The van der Waals surface area contributed by atoms with Crippen molar-refractivity contribution in [3.05, 3.63) is 41.4 Å². The number of unbranched alkanes of at least 4 members (excludes halogenated alkanes) is 1. The van der Waals surface area contributed by atoms with Gasteiger partial charge in [0, 0.05) is 12.7 Å². The lowest BCUT2D eigenvalue weighted by molar-refractivity contribution is -0.153. The van der Waals surface area contributed by atoms with E-state index >= 15 is 0 Å². The van der Waals surface area contributed by atoms with Crippen molar-refractivity contribution in [2.45, 2.75) is 25.9 Å². The average Bonchev–Trinajstić information content (AvgIpc) is 3.02. The molecule has 1 aromatic rings. The van der Waals surface area contributed by atoms with Gasteiger partial charge < -0.3 is 20.1 Å². The number of anilines is 1. The van der Waals surface area contributed by atoms with Gasteiger partial charge >= 0.3 is 5.97 Å². The second-order valence-electron chi connectivity index (χ2n) is 5.29. The second kappa shape index (κ2) is 8.44. The smallest absolute Gasteiger partial charge is 0.341 e. The monoisotopic (exact) mass is 336 g/mol. The highest BCUT2D eigenvalue weighted by molar-refractivity contribution is 5.94. The Hall–Kier alpha value is -2.41. The normalized spacial score (nSPS) is 16.5. The molecule has 0 saturated heterocycles. The fraction of sp³-hybridized carbons (Fsp3) is 0.412. The van der Waals surface area contributed by atoms with Crippen LogP contribution in [0.5, 0.6) is 0 Å². The van der Waals surface area contributed by atoms with Crippen molar-refractivity contribution in [2.24, 2.45) is 0 Å². The number of esters is 1. The fourth-order valence-electron chi connectivity index (χ4n) is 2.21. The third-order valence-electron chi connectivity index (χ3n) is 3.53. The molecule has 7 heteroatoms. The summed E-state index contributed by atoms with van der Waals surface area (Å²) in [4.78, 5) is 23.5. The molecule has 1 aromatic carbocycles. The molecule has 1 atom stereocenters. The molecular formula is C17H21FN2O4. The number of hydrogen-bond donors (Lipinski definition) is 2. The number of hydrogen-bond acceptors (Lipinski definition) is 5.